The molecular weight excluding hydrogens is 350 g/mol. The Kier molecular flexibility index (Phi) is 5.14. The van der Waals surface area contributed by atoms with Gasteiger partial charge in [0.25, 0.3) is 0 Å². The molecule has 28 heavy (non-hydrogen) atoms. The monoisotopic (exact) mass is 375 g/mol. The summed E-state index contributed by atoms with van der Waals surface area (Å²) in [5, 5.41) is 8.22. The van der Waals surface area contributed by atoms with Gasteiger partial charge in [-0.05, 0) is 74.2 Å². The number of nitrogens with two attached hydrogens (primary N) is 2. The minimum atomic E-state index is -0.136. The van der Waals surface area contributed by atoms with Crippen molar-refractivity contribution in [1.82, 2.24) is 0 Å². The molecule has 1 fully saturated rings. The van der Waals surface area contributed by atoms with Crippen LogP contribution in [-0.2, 0) is 4.79 Å². The van der Waals surface area contributed by atoms with E-state index in [2.05, 4.69) is 9.98 Å². The van der Waals surface area contributed by atoms with Crippen LogP contribution in [0.1, 0.15) is 35.1 Å². The first-order chi connectivity index (χ1) is 13.2. The lowest BCUT2D eigenvalue weighted by atomic mass is 9.92. The molecule has 1 aliphatic rings. The number of nitrogens with zero attached hydrogens (tertiary/aromatic N) is 2. The lowest BCUT2D eigenvalue weighted by Crippen LogP contribution is -2.32. The average Bonchev–Trinajstić information content (AvgIpc) is 2.66. The fraction of sp³-hybridized carbons (Fsp3) is 0.273. The summed E-state index contributed by atoms with van der Waals surface area (Å²) < 4.78 is 0. The Labute approximate surface area is 164 Å². The quantitative estimate of drug-likeness (QED) is 0.679. The zero-order valence-corrected chi connectivity index (χ0v) is 16.7. The van der Waals surface area contributed by atoms with Crippen LogP contribution in [0, 0.1) is 33.1 Å². The van der Waals surface area contributed by atoms with Crippen LogP contribution in [-0.4, -0.2) is 22.9 Å². The van der Waals surface area contributed by atoms with Crippen molar-refractivity contribution in [2.24, 2.45) is 9.98 Å². The van der Waals surface area contributed by atoms with Crippen LogP contribution in [0.5, 0.6) is 0 Å². The van der Waals surface area contributed by atoms with Crippen molar-refractivity contribution in [3.8, 4) is 0 Å². The Bertz CT molecular complexity index is 980. The average molecular weight is 375 g/mol. The van der Waals surface area contributed by atoms with Gasteiger partial charge in [-0.3, -0.25) is 9.79 Å². The van der Waals surface area contributed by atoms with Crippen LogP contribution in [0.4, 0.5) is 22.7 Å². The summed E-state index contributed by atoms with van der Waals surface area (Å²) in [6.07, 6.45) is 0.251. The topological polar surface area (TPSA) is 118 Å². The third-order valence-electron chi connectivity index (χ3n) is 5.45. The summed E-state index contributed by atoms with van der Waals surface area (Å²) in [6, 6.07) is 7.28. The van der Waals surface area contributed by atoms with Crippen LogP contribution >= 0.6 is 0 Å². The Hall–Kier alpha value is -3.28. The third kappa shape index (κ3) is 3.58. The van der Waals surface area contributed by atoms with E-state index in [0.717, 1.165) is 33.6 Å². The predicted octanol–water partition coefficient (Wildman–Crippen LogP) is 4.31. The molecule has 2 aromatic rings. The van der Waals surface area contributed by atoms with E-state index >= 15 is 0 Å². The summed E-state index contributed by atoms with van der Waals surface area (Å²) in [5.41, 5.74) is 19.9. The maximum Gasteiger partial charge on any atom is 0.183 e. The number of Topliss-reactive ketones (excluding diaryl/α,β-unsaturated/α-hetero) is 1. The molecule has 0 atom stereocenters. The van der Waals surface area contributed by atoms with Crippen molar-refractivity contribution < 1.29 is 4.79 Å². The van der Waals surface area contributed by atoms with E-state index in [-0.39, 0.29) is 24.3 Å². The van der Waals surface area contributed by atoms with Gasteiger partial charge < -0.3 is 16.9 Å². The van der Waals surface area contributed by atoms with Crippen molar-refractivity contribution in [3.05, 3.63) is 46.5 Å². The first-order valence-electron chi connectivity index (χ1n) is 9.16. The normalized spacial score (nSPS) is 17.6. The lowest BCUT2D eigenvalue weighted by molar-refractivity contribution is -0.112. The molecule has 1 aliphatic carbocycles. The Morgan fingerprint density at radius 1 is 0.750 bits per heavy atom. The van der Waals surface area contributed by atoms with E-state index in [0.29, 0.717) is 22.8 Å². The number of nitrogen functional groups attached to an aromatic ring is 2. The number of hydrogen-bond donors (Lipinski definition) is 3. The molecule has 0 heterocycles. The van der Waals surface area contributed by atoms with Gasteiger partial charge in [0.15, 0.2) is 5.78 Å². The number of hydrogen-bond acceptors (Lipinski definition) is 6. The zero-order chi connectivity index (χ0) is 20.6. The van der Waals surface area contributed by atoms with Gasteiger partial charge in [0.2, 0.25) is 0 Å². The van der Waals surface area contributed by atoms with Crippen molar-refractivity contribution in [3.63, 3.8) is 0 Å². The summed E-state index contributed by atoms with van der Waals surface area (Å²) in [5.74, 6) is -0.136. The van der Waals surface area contributed by atoms with Crippen molar-refractivity contribution in [1.29, 1.82) is 5.41 Å². The third-order valence-corrected chi connectivity index (χ3v) is 5.45. The molecule has 6 heteroatoms. The fourth-order valence-electron chi connectivity index (χ4n) is 3.13. The summed E-state index contributed by atoms with van der Waals surface area (Å²) >= 11 is 0. The number of anilines is 2. The van der Waals surface area contributed by atoms with E-state index < -0.39 is 0 Å². The molecule has 0 aromatic heterocycles. The Morgan fingerprint density at radius 3 is 1.71 bits per heavy atom. The van der Waals surface area contributed by atoms with Crippen LogP contribution in [0.2, 0.25) is 0 Å². The van der Waals surface area contributed by atoms with Gasteiger partial charge >= 0.3 is 0 Å². The lowest BCUT2D eigenvalue weighted by Gasteiger charge is -2.17. The Balaban J connectivity index is 2.01. The molecule has 6 nitrogen and oxygen atoms in total. The maximum atomic E-state index is 12.5. The van der Waals surface area contributed by atoms with Crippen LogP contribution in [0.25, 0.3) is 0 Å². The fourth-order valence-corrected chi connectivity index (χ4v) is 3.13. The van der Waals surface area contributed by atoms with Gasteiger partial charge in [0.1, 0.15) is 0 Å². The summed E-state index contributed by atoms with van der Waals surface area (Å²) in [6.45, 7) is 7.78. The zero-order valence-electron chi connectivity index (χ0n) is 16.7. The van der Waals surface area contributed by atoms with Crippen molar-refractivity contribution in [2.45, 2.75) is 40.5 Å². The second-order valence-corrected chi connectivity index (χ2v) is 7.22. The number of carbonyl (C=O) groups excluding carboxylic acids is 1. The van der Waals surface area contributed by atoms with E-state index in [1.807, 2.05) is 45.9 Å². The molecule has 3 rings (SSSR count). The second-order valence-electron chi connectivity index (χ2n) is 7.22. The summed E-state index contributed by atoms with van der Waals surface area (Å²) in [7, 11) is 0. The highest BCUT2D eigenvalue weighted by Crippen LogP contribution is 2.29. The Morgan fingerprint density at radius 2 is 1.21 bits per heavy atom. The molecule has 5 N–H and O–H groups in total. The second kappa shape index (κ2) is 7.38. The van der Waals surface area contributed by atoms with Crippen LogP contribution in [0.15, 0.2) is 34.3 Å². The molecule has 1 saturated carbocycles. The van der Waals surface area contributed by atoms with Crippen LogP contribution < -0.4 is 11.5 Å². The molecule has 0 radical (unpaired) electrons. The number of nitrogens with one attached hydrogen (secondary N) is 1. The number of carbonyl (C=O) groups is 1. The molecule has 0 aliphatic heterocycles. The first-order valence-corrected chi connectivity index (χ1v) is 9.16. The van der Waals surface area contributed by atoms with E-state index in [1.54, 1.807) is 6.07 Å². The number of rotatable bonds is 2. The largest absolute Gasteiger partial charge is 0.399 e. The molecule has 144 valence electrons. The van der Waals surface area contributed by atoms with Gasteiger partial charge in [-0.1, -0.05) is 0 Å². The highest BCUT2D eigenvalue weighted by Gasteiger charge is 2.26. The number of benzene rings is 2. The van der Waals surface area contributed by atoms with Gasteiger partial charge in [0.05, 0.1) is 34.9 Å². The first kappa shape index (κ1) is 19.5. The highest BCUT2D eigenvalue weighted by molar-refractivity contribution is 6.61. The standard InChI is InChI=1S/C22H25N5O/c1-11-13(3)18(7-5-15(11)23)26-20-10-21(22(28)9-17(20)25)27-19-8-6-16(24)12(2)14(19)4/h5-8,25H,9-10,23-24H2,1-4H3. The number of ketones is 1. The van der Waals surface area contributed by atoms with Gasteiger partial charge in [-0.25, -0.2) is 4.99 Å². The smallest absolute Gasteiger partial charge is 0.183 e. The SMILES string of the molecule is Cc1c(N)ccc(N=C2CC(=Nc3ccc(N)c(C)c3C)C(=O)CC2=N)c1C. The molecular formula is C22H25N5O. The van der Waals surface area contributed by atoms with Crippen LogP contribution in [0.3, 0.4) is 0 Å². The molecule has 0 unspecified atom stereocenters. The van der Waals surface area contributed by atoms with Gasteiger partial charge in [0, 0.05) is 17.8 Å². The molecule has 2 aromatic carbocycles. The minimum Gasteiger partial charge on any atom is -0.399 e. The van der Waals surface area contributed by atoms with Crippen molar-refractivity contribution >= 4 is 45.7 Å². The molecule has 0 amide bonds. The van der Waals surface area contributed by atoms with Gasteiger partial charge in [-0.15, -0.1) is 0 Å². The van der Waals surface area contributed by atoms with E-state index in [9.17, 15) is 4.79 Å². The highest BCUT2D eigenvalue weighted by atomic mass is 16.1. The predicted molar refractivity (Wildman–Crippen MR) is 117 cm³/mol. The van der Waals surface area contributed by atoms with E-state index in [4.69, 9.17) is 16.9 Å². The van der Waals surface area contributed by atoms with Gasteiger partial charge in [-0.2, -0.15) is 0 Å². The summed E-state index contributed by atoms with van der Waals surface area (Å²) in [4.78, 5) is 21.7. The molecule has 0 bridgehead atoms. The number of aliphatic imine (C=N–C) groups is 2. The minimum absolute atomic E-state index is 0.0116. The van der Waals surface area contributed by atoms with Crippen molar-refractivity contribution in [2.75, 3.05) is 11.5 Å². The molecule has 0 spiro atoms. The maximum absolute atomic E-state index is 12.5. The molecule has 0 saturated heterocycles. The van der Waals surface area contributed by atoms with E-state index in [1.165, 1.54) is 0 Å².